The number of hydrogen-bond donors (Lipinski definition) is 2. The Morgan fingerprint density at radius 3 is 2.61 bits per heavy atom. The average Bonchev–Trinajstić information content (AvgIpc) is 3.16. The molecule has 0 saturated heterocycles. The highest BCUT2D eigenvalue weighted by Crippen LogP contribution is 2.34. The van der Waals surface area contributed by atoms with Crippen molar-refractivity contribution in [2.24, 2.45) is 0 Å². The maximum atomic E-state index is 12.2. The van der Waals surface area contributed by atoms with Crippen molar-refractivity contribution in [2.75, 3.05) is 25.6 Å². The Kier molecular flexibility index (Phi) is 8.04. The van der Waals surface area contributed by atoms with Crippen LogP contribution in [-0.4, -0.2) is 42.2 Å². The molecule has 154 valence electrons. The van der Waals surface area contributed by atoms with Crippen LogP contribution < -0.4 is 5.32 Å². The average molecular weight is 408 g/mol. The zero-order valence-electron chi connectivity index (χ0n) is 17.2. The van der Waals surface area contributed by atoms with Crippen molar-refractivity contribution < 1.29 is 19.1 Å². The minimum Gasteiger partial charge on any atom is -0.469 e. The van der Waals surface area contributed by atoms with E-state index >= 15 is 0 Å². The van der Waals surface area contributed by atoms with Gasteiger partial charge in [-0.1, -0.05) is 6.42 Å². The summed E-state index contributed by atoms with van der Waals surface area (Å²) in [6.07, 6.45) is 3.20. The summed E-state index contributed by atoms with van der Waals surface area (Å²) in [5.41, 5.74) is 3.95. The highest BCUT2D eigenvalue weighted by Gasteiger charge is 2.22. The van der Waals surface area contributed by atoms with Crippen LogP contribution in [0.25, 0.3) is 11.4 Å². The summed E-state index contributed by atoms with van der Waals surface area (Å²) in [5, 5.41) is 4.20. The summed E-state index contributed by atoms with van der Waals surface area (Å²) in [6, 6.07) is 0. The van der Waals surface area contributed by atoms with Crippen molar-refractivity contribution in [1.29, 1.82) is 0 Å². The number of unbranched alkanes of at least 4 members (excludes halogenated alkanes) is 2. The number of carbonyl (C=O) groups is 2. The van der Waals surface area contributed by atoms with Gasteiger partial charge >= 0.3 is 11.9 Å². The quantitative estimate of drug-likeness (QED) is 0.448. The number of methoxy groups -OCH3 is 1. The van der Waals surface area contributed by atoms with Crippen LogP contribution in [0.2, 0.25) is 0 Å². The Labute approximate surface area is 169 Å². The van der Waals surface area contributed by atoms with Crippen LogP contribution in [0.3, 0.4) is 0 Å². The van der Waals surface area contributed by atoms with E-state index in [0.29, 0.717) is 18.6 Å². The summed E-state index contributed by atoms with van der Waals surface area (Å²) in [4.78, 5) is 32.4. The molecule has 2 rings (SSSR count). The standard InChI is InChI=1S/C20H29N3O4S/c1-6-27-19(25)16-12(2)17(22-13(16)3)18-14(4)28-20(23-18)21-11-9-7-8-10-15(24)26-5/h22H,6-11H2,1-5H3,(H,21,23). The predicted molar refractivity (Wildman–Crippen MR) is 111 cm³/mol. The smallest absolute Gasteiger partial charge is 0.340 e. The molecule has 0 unspecified atom stereocenters. The normalized spacial score (nSPS) is 10.8. The van der Waals surface area contributed by atoms with Gasteiger partial charge in [-0.05, 0) is 46.1 Å². The highest BCUT2D eigenvalue weighted by atomic mass is 32.1. The van der Waals surface area contributed by atoms with E-state index < -0.39 is 0 Å². The number of ether oxygens (including phenoxy) is 2. The molecule has 7 nitrogen and oxygen atoms in total. The lowest BCUT2D eigenvalue weighted by atomic mass is 10.1. The molecule has 2 N–H and O–H groups in total. The van der Waals surface area contributed by atoms with Gasteiger partial charge in [-0.3, -0.25) is 4.79 Å². The first-order valence-electron chi connectivity index (χ1n) is 9.53. The van der Waals surface area contributed by atoms with Gasteiger partial charge in [0.2, 0.25) is 0 Å². The van der Waals surface area contributed by atoms with E-state index in [1.54, 1.807) is 18.3 Å². The van der Waals surface area contributed by atoms with Gasteiger partial charge < -0.3 is 19.8 Å². The first-order valence-corrected chi connectivity index (χ1v) is 10.3. The van der Waals surface area contributed by atoms with E-state index in [0.717, 1.165) is 58.5 Å². The van der Waals surface area contributed by atoms with E-state index in [2.05, 4.69) is 15.0 Å². The molecule has 0 saturated carbocycles. The third-order valence-electron chi connectivity index (χ3n) is 4.51. The lowest BCUT2D eigenvalue weighted by Gasteiger charge is -2.03. The number of anilines is 1. The molecule has 0 aliphatic heterocycles. The van der Waals surface area contributed by atoms with Gasteiger partial charge in [-0.2, -0.15) is 0 Å². The molecule has 2 heterocycles. The number of thiazole rings is 1. The molecule has 2 aromatic rings. The second-order valence-corrected chi connectivity index (χ2v) is 7.79. The van der Waals surface area contributed by atoms with Crippen molar-refractivity contribution >= 4 is 28.4 Å². The van der Waals surface area contributed by atoms with Crippen molar-refractivity contribution in [3.8, 4) is 11.4 Å². The van der Waals surface area contributed by atoms with E-state index in [9.17, 15) is 9.59 Å². The van der Waals surface area contributed by atoms with Crippen LogP contribution in [0.4, 0.5) is 5.13 Å². The van der Waals surface area contributed by atoms with Crippen molar-refractivity contribution in [2.45, 2.75) is 53.4 Å². The molecule has 0 aliphatic carbocycles. The van der Waals surface area contributed by atoms with Crippen LogP contribution in [0, 0.1) is 20.8 Å². The molecular weight excluding hydrogens is 378 g/mol. The largest absolute Gasteiger partial charge is 0.469 e. The second-order valence-electron chi connectivity index (χ2n) is 6.58. The summed E-state index contributed by atoms with van der Waals surface area (Å²) in [6.45, 7) is 8.75. The van der Waals surface area contributed by atoms with E-state index in [-0.39, 0.29) is 11.9 Å². The minimum absolute atomic E-state index is 0.160. The Morgan fingerprint density at radius 2 is 1.93 bits per heavy atom. The molecule has 0 spiro atoms. The predicted octanol–water partition coefficient (Wildman–Crippen LogP) is 4.39. The zero-order valence-corrected chi connectivity index (χ0v) is 18.0. The number of nitrogens with one attached hydrogen (secondary N) is 2. The molecule has 0 amide bonds. The van der Waals surface area contributed by atoms with E-state index in [1.807, 2.05) is 20.8 Å². The van der Waals surface area contributed by atoms with Gasteiger partial charge in [0.05, 0.1) is 25.0 Å². The molecule has 0 aromatic carbocycles. The second kappa shape index (κ2) is 10.3. The zero-order chi connectivity index (χ0) is 20.7. The van der Waals surface area contributed by atoms with Crippen molar-refractivity contribution in [1.82, 2.24) is 9.97 Å². The lowest BCUT2D eigenvalue weighted by Crippen LogP contribution is -2.06. The molecule has 0 atom stereocenters. The van der Waals surface area contributed by atoms with Crippen LogP contribution in [0.15, 0.2) is 0 Å². The Hall–Kier alpha value is -2.35. The molecule has 0 bridgehead atoms. The van der Waals surface area contributed by atoms with Crippen molar-refractivity contribution in [3.63, 3.8) is 0 Å². The topological polar surface area (TPSA) is 93.3 Å². The summed E-state index contributed by atoms with van der Waals surface area (Å²) < 4.78 is 9.80. The molecular formula is C20H29N3O4S. The number of carbonyl (C=O) groups excluding carboxylic acids is 2. The third-order valence-corrected chi connectivity index (χ3v) is 5.44. The van der Waals surface area contributed by atoms with Crippen LogP contribution in [-0.2, 0) is 14.3 Å². The third kappa shape index (κ3) is 5.34. The number of hydrogen-bond acceptors (Lipinski definition) is 7. The Morgan fingerprint density at radius 1 is 1.18 bits per heavy atom. The van der Waals surface area contributed by atoms with Gasteiger partial charge in [0.25, 0.3) is 0 Å². The first kappa shape index (κ1) is 21.9. The number of aromatic amines is 1. The van der Waals surface area contributed by atoms with Crippen molar-refractivity contribution in [3.05, 3.63) is 21.7 Å². The minimum atomic E-state index is -0.307. The molecule has 0 aliphatic rings. The number of rotatable bonds is 10. The molecule has 0 radical (unpaired) electrons. The SMILES string of the molecule is CCOC(=O)c1c(C)[nH]c(-c2nc(NCCCCCC(=O)OC)sc2C)c1C. The highest BCUT2D eigenvalue weighted by molar-refractivity contribution is 7.16. The molecule has 28 heavy (non-hydrogen) atoms. The number of aromatic nitrogens is 2. The van der Waals surface area contributed by atoms with Crippen LogP contribution in [0.1, 0.15) is 59.1 Å². The maximum Gasteiger partial charge on any atom is 0.340 e. The Balaban J connectivity index is 2.00. The summed E-state index contributed by atoms with van der Waals surface area (Å²) >= 11 is 1.59. The van der Waals surface area contributed by atoms with Crippen LogP contribution in [0.5, 0.6) is 0 Å². The fourth-order valence-electron chi connectivity index (χ4n) is 3.07. The van der Waals surface area contributed by atoms with Crippen LogP contribution >= 0.6 is 11.3 Å². The van der Waals surface area contributed by atoms with Gasteiger partial charge in [0.15, 0.2) is 5.13 Å². The lowest BCUT2D eigenvalue weighted by molar-refractivity contribution is -0.140. The van der Waals surface area contributed by atoms with Gasteiger partial charge in [-0.15, -0.1) is 11.3 Å². The summed E-state index contributed by atoms with van der Waals surface area (Å²) in [5.74, 6) is -0.467. The maximum absolute atomic E-state index is 12.2. The number of H-pyrrole nitrogens is 1. The first-order chi connectivity index (χ1) is 13.4. The number of esters is 2. The number of aryl methyl sites for hydroxylation is 2. The van der Waals surface area contributed by atoms with Gasteiger partial charge in [0.1, 0.15) is 5.69 Å². The van der Waals surface area contributed by atoms with E-state index in [4.69, 9.17) is 9.72 Å². The fraction of sp³-hybridized carbons (Fsp3) is 0.550. The van der Waals surface area contributed by atoms with E-state index in [1.165, 1.54) is 7.11 Å². The Bertz CT molecular complexity index is 826. The van der Waals surface area contributed by atoms with Gasteiger partial charge in [0, 0.05) is 23.5 Å². The number of nitrogens with zero attached hydrogens (tertiary/aromatic N) is 1. The molecule has 2 aromatic heterocycles. The summed E-state index contributed by atoms with van der Waals surface area (Å²) in [7, 11) is 1.41. The van der Waals surface area contributed by atoms with Gasteiger partial charge in [-0.25, -0.2) is 9.78 Å². The molecule has 8 heteroatoms. The fourth-order valence-corrected chi connectivity index (χ4v) is 3.91. The molecule has 0 fully saturated rings. The monoisotopic (exact) mass is 407 g/mol.